The van der Waals surface area contributed by atoms with E-state index in [1.807, 2.05) is 5.38 Å². The summed E-state index contributed by atoms with van der Waals surface area (Å²) in [6.07, 6.45) is 2.74. The molecule has 2 nitrogen and oxygen atoms in total. The highest BCUT2D eigenvalue weighted by Crippen LogP contribution is 2.29. The van der Waals surface area contributed by atoms with Crippen LogP contribution in [0.5, 0.6) is 0 Å². The molecule has 0 bridgehead atoms. The fourth-order valence-corrected chi connectivity index (χ4v) is 3.61. The zero-order valence-electron chi connectivity index (χ0n) is 13.5. The highest BCUT2D eigenvalue weighted by Gasteiger charge is 2.10. The topological polar surface area (TPSA) is 36.7 Å². The normalized spacial score (nSPS) is 11.4. The molecular weight excluding hydrogens is 371 g/mol. The smallest absolute Gasteiger partial charge is 0.134 e. The lowest BCUT2D eigenvalue weighted by molar-refractivity contribution is 1.14. The standard InChI is InChI=1S/C20H14Cl2N2S/c1-2-13-3-5-14(6-4-13)19-12-25-20(24-19)16(11-23)9-15-7-8-17(21)10-18(15)22/h3-10,12H,2H2,1H3. The molecule has 3 rings (SSSR count). The lowest BCUT2D eigenvalue weighted by atomic mass is 10.1. The molecule has 0 atom stereocenters. The summed E-state index contributed by atoms with van der Waals surface area (Å²) < 4.78 is 0. The van der Waals surface area contributed by atoms with Crippen molar-refractivity contribution >= 4 is 46.2 Å². The number of halogens is 2. The molecule has 2 aromatic carbocycles. The van der Waals surface area contributed by atoms with Crippen molar-refractivity contribution in [3.8, 4) is 17.3 Å². The first kappa shape index (κ1) is 17.7. The van der Waals surface area contributed by atoms with Crippen LogP contribution in [0.3, 0.4) is 0 Å². The predicted octanol–water partition coefficient (Wildman–Crippen LogP) is 6.74. The molecule has 0 aliphatic heterocycles. The summed E-state index contributed by atoms with van der Waals surface area (Å²) in [4.78, 5) is 4.61. The van der Waals surface area contributed by atoms with Crippen LogP contribution in [0.25, 0.3) is 22.9 Å². The number of rotatable bonds is 4. The van der Waals surface area contributed by atoms with E-state index in [4.69, 9.17) is 23.2 Å². The van der Waals surface area contributed by atoms with E-state index in [-0.39, 0.29) is 0 Å². The van der Waals surface area contributed by atoms with Crippen molar-refractivity contribution in [1.29, 1.82) is 5.26 Å². The van der Waals surface area contributed by atoms with Gasteiger partial charge in [-0.3, -0.25) is 0 Å². The Balaban J connectivity index is 1.93. The van der Waals surface area contributed by atoms with Gasteiger partial charge in [0.25, 0.3) is 0 Å². The Morgan fingerprint density at radius 2 is 1.96 bits per heavy atom. The predicted molar refractivity (Wildman–Crippen MR) is 107 cm³/mol. The number of nitrogens with zero attached hydrogens (tertiary/aromatic N) is 2. The van der Waals surface area contributed by atoms with E-state index in [1.54, 1.807) is 24.3 Å². The molecule has 0 unspecified atom stereocenters. The Bertz CT molecular complexity index is 966. The average molecular weight is 385 g/mol. The highest BCUT2D eigenvalue weighted by atomic mass is 35.5. The van der Waals surface area contributed by atoms with Gasteiger partial charge in [-0.1, -0.05) is 60.5 Å². The van der Waals surface area contributed by atoms with E-state index in [2.05, 4.69) is 42.2 Å². The molecule has 0 aliphatic rings. The van der Waals surface area contributed by atoms with Crippen molar-refractivity contribution in [2.75, 3.05) is 0 Å². The monoisotopic (exact) mass is 384 g/mol. The molecule has 1 aromatic heterocycles. The van der Waals surface area contributed by atoms with Gasteiger partial charge >= 0.3 is 0 Å². The van der Waals surface area contributed by atoms with E-state index >= 15 is 0 Å². The maximum atomic E-state index is 9.51. The van der Waals surface area contributed by atoms with Crippen molar-refractivity contribution in [3.05, 3.63) is 74.0 Å². The molecule has 0 saturated heterocycles. The summed E-state index contributed by atoms with van der Waals surface area (Å²) in [5, 5.41) is 13.2. The zero-order valence-corrected chi connectivity index (χ0v) is 15.8. The third kappa shape index (κ3) is 4.11. The molecule has 0 N–H and O–H groups in total. The van der Waals surface area contributed by atoms with Gasteiger partial charge in [0.05, 0.1) is 11.3 Å². The van der Waals surface area contributed by atoms with Crippen LogP contribution < -0.4 is 0 Å². The Hall–Kier alpha value is -2.12. The summed E-state index contributed by atoms with van der Waals surface area (Å²) in [6, 6.07) is 15.7. The van der Waals surface area contributed by atoms with E-state index < -0.39 is 0 Å². The van der Waals surface area contributed by atoms with Crippen molar-refractivity contribution in [2.24, 2.45) is 0 Å². The van der Waals surface area contributed by atoms with Crippen LogP contribution in [-0.4, -0.2) is 4.98 Å². The second-order valence-electron chi connectivity index (χ2n) is 5.42. The maximum absolute atomic E-state index is 9.51. The number of hydrogen-bond acceptors (Lipinski definition) is 3. The maximum Gasteiger partial charge on any atom is 0.134 e. The van der Waals surface area contributed by atoms with Gasteiger partial charge in [0.1, 0.15) is 11.1 Å². The average Bonchev–Trinajstić information content (AvgIpc) is 3.11. The van der Waals surface area contributed by atoms with Crippen LogP contribution in [0.4, 0.5) is 0 Å². The number of aryl methyl sites for hydroxylation is 1. The molecule has 0 amide bonds. The number of aromatic nitrogens is 1. The van der Waals surface area contributed by atoms with Gasteiger partial charge in [0.15, 0.2) is 0 Å². The molecule has 0 radical (unpaired) electrons. The van der Waals surface area contributed by atoms with Gasteiger partial charge in [0.2, 0.25) is 0 Å². The Morgan fingerprint density at radius 3 is 2.60 bits per heavy atom. The van der Waals surface area contributed by atoms with Gasteiger partial charge in [-0.05, 0) is 35.8 Å². The molecular formula is C20H14Cl2N2S. The Morgan fingerprint density at radius 1 is 1.20 bits per heavy atom. The van der Waals surface area contributed by atoms with Crippen LogP contribution in [0.2, 0.25) is 10.0 Å². The molecule has 0 saturated carbocycles. The largest absolute Gasteiger partial charge is 0.235 e. The summed E-state index contributed by atoms with van der Waals surface area (Å²) in [5.74, 6) is 0. The highest BCUT2D eigenvalue weighted by molar-refractivity contribution is 7.11. The summed E-state index contributed by atoms with van der Waals surface area (Å²) in [5.41, 5.74) is 4.42. The number of benzene rings is 2. The first-order chi connectivity index (χ1) is 12.1. The van der Waals surface area contributed by atoms with Crippen LogP contribution in [0, 0.1) is 11.3 Å². The minimum absolute atomic E-state index is 0.477. The lowest BCUT2D eigenvalue weighted by Gasteiger charge is -2.00. The molecule has 25 heavy (non-hydrogen) atoms. The minimum Gasteiger partial charge on any atom is -0.235 e. The van der Waals surface area contributed by atoms with Crippen molar-refractivity contribution in [3.63, 3.8) is 0 Å². The third-order valence-electron chi connectivity index (χ3n) is 3.78. The third-order valence-corrected chi connectivity index (χ3v) is 5.21. The summed E-state index contributed by atoms with van der Waals surface area (Å²) in [7, 11) is 0. The number of hydrogen-bond donors (Lipinski definition) is 0. The molecule has 0 fully saturated rings. The first-order valence-corrected chi connectivity index (χ1v) is 9.36. The van der Waals surface area contributed by atoms with E-state index in [9.17, 15) is 5.26 Å². The SMILES string of the molecule is CCc1ccc(-c2csc(C(C#N)=Cc3ccc(Cl)cc3Cl)n2)cc1. The quantitative estimate of drug-likeness (QED) is 0.466. The fraction of sp³-hybridized carbons (Fsp3) is 0.100. The summed E-state index contributed by atoms with van der Waals surface area (Å²) in [6.45, 7) is 2.13. The van der Waals surface area contributed by atoms with Gasteiger partial charge in [-0.15, -0.1) is 11.3 Å². The molecule has 0 spiro atoms. The Kier molecular flexibility index (Phi) is 5.55. The van der Waals surface area contributed by atoms with E-state index in [1.165, 1.54) is 16.9 Å². The molecule has 3 aromatic rings. The zero-order chi connectivity index (χ0) is 17.8. The molecule has 0 aliphatic carbocycles. The second-order valence-corrected chi connectivity index (χ2v) is 7.13. The van der Waals surface area contributed by atoms with Crippen molar-refractivity contribution in [2.45, 2.75) is 13.3 Å². The molecule has 1 heterocycles. The number of allylic oxidation sites excluding steroid dienone is 1. The van der Waals surface area contributed by atoms with E-state index in [0.29, 0.717) is 20.6 Å². The molecule has 124 valence electrons. The fourth-order valence-electron chi connectivity index (χ4n) is 2.36. The van der Waals surface area contributed by atoms with Gasteiger partial charge in [0, 0.05) is 21.0 Å². The van der Waals surface area contributed by atoms with Crippen LogP contribution >= 0.6 is 34.5 Å². The number of thiazole rings is 1. The van der Waals surface area contributed by atoms with E-state index in [0.717, 1.165) is 23.2 Å². The van der Waals surface area contributed by atoms with Gasteiger partial charge < -0.3 is 0 Å². The van der Waals surface area contributed by atoms with Crippen LogP contribution in [0.15, 0.2) is 47.8 Å². The second kappa shape index (κ2) is 7.84. The van der Waals surface area contributed by atoms with Crippen molar-refractivity contribution < 1.29 is 0 Å². The number of nitriles is 1. The Labute approximate surface area is 161 Å². The van der Waals surface area contributed by atoms with Crippen molar-refractivity contribution in [1.82, 2.24) is 4.98 Å². The van der Waals surface area contributed by atoms with Crippen LogP contribution in [0.1, 0.15) is 23.1 Å². The molecule has 5 heteroatoms. The van der Waals surface area contributed by atoms with Gasteiger partial charge in [-0.2, -0.15) is 5.26 Å². The first-order valence-electron chi connectivity index (χ1n) is 7.72. The lowest BCUT2D eigenvalue weighted by Crippen LogP contribution is -1.85. The van der Waals surface area contributed by atoms with Gasteiger partial charge in [-0.25, -0.2) is 4.98 Å². The summed E-state index contributed by atoms with van der Waals surface area (Å²) >= 11 is 13.6. The van der Waals surface area contributed by atoms with Crippen LogP contribution in [-0.2, 0) is 6.42 Å². The minimum atomic E-state index is 0.477.